The lowest BCUT2D eigenvalue weighted by molar-refractivity contribution is -0.152. The van der Waals surface area contributed by atoms with E-state index in [1.807, 2.05) is 20.8 Å². The van der Waals surface area contributed by atoms with Crippen LogP contribution in [0.2, 0.25) is 0 Å². The van der Waals surface area contributed by atoms with Gasteiger partial charge in [0.2, 0.25) is 0 Å². The number of aliphatic carboxylic acids is 1. The number of carboxylic acids is 1. The van der Waals surface area contributed by atoms with Crippen LogP contribution < -0.4 is 5.32 Å². The second kappa shape index (κ2) is 7.56. The van der Waals surface area contributed by atoms with Crippen LogP contribution >= 0.6 is 0 Å². The van der Waals surface area contributed by atoms with Gasteiger partial charge in [-0.25, -0.2) is 4.79 Å². The Morgan fingerprint density at radius 1 is 1.40 bits per heavy atom. The van der Waals surface area contributed by atoms with E-state index in [2.05, 4.69) is 5.32 Å². The van der Waals surface area contributed by atoms with Crippen molar-refractivity contribution in [3.63, 3.8) is 0 Å². The van der Waals surface area contributed by atoms with Gasteiger partial charge in [-0.2, -0.15) is 0 Å². The molecule has 1 saturated heterocycles. The highest BCUT2D eigenvalue weighted by molar-refractivity contribution is 5.86. The average Bonchev–Trinajstić information content (AvgIpc) is 2.37. The lowest BCUT2D eigenvalue weighted by Gasteiger charge is -2.25. The van der Waals surface area contributed by atoms with Crippen LogP contribution in [0, 0.1) is 0 Å². The normalized spacial score (nSPS) is 21.2. The molecule has 0 spiro atoms. The number of carbonyl (C=O) groups is 2. The highest BCUT2D eigenvalue weighted by atomic mass is 16.6. The van der Waals surface area contributed by atoms with E-state index >= 15 is 0 Å². The predicted molar refractivity (Wildman–Crippen MR) is 70.4 cm³/mol. The molecule has 0 aromatic carbocycles. The Hall–Kier alpha value is -1.18. The third-order valence-corrected chi connectivity index (χ3v) is 2.66. The Kier molecular flexibility index (Phi) is 6.38. The number of rotatable bonds is 6. The lowest BCUT2D eigenvalue weighted by Crippen LogP contribution is -2.49. The molecule has 0 aromatic rings. The topological polar surface area (TPSA) is 94.1 Å². The van der Waals surface area contributed by atoms with Gasteiger partial charge in [0.25, 0.3) is 5.91 Å². The van der Waals surface area contributed by atoms with Crippen LogP contribution in [0.1, 0.15) is 27.2 Å². The summed E-state index contributed by atoms with van der Waals surface area (Å²) in [7, 11) is 0. The predicted octanol–water partition coefficient (Wildman–Crippen LogP) is 0.176. The third-order valence-electron chi connectivity index (χ3n) is 2.66. The van der Waals surface area contributed by atoms with Gasteiger partial charge in [0.05, 0.1) is 25.4 Å². The molecule has 20 heavy (non-hydrogen) atoms. The molecule has 1 amide bonds. The summed E-state index contributed by atoms with van der Waals surface area (Å²) in [4.78, 5) is 23.0. The van der Waals surface area contributed by atoms with Crippen molar-refractivity contribution in [2.45, 2.75) is 44.9 Å². The Bertz CT molecular complexity index is 332. The number of hydrogen-bond donors (Lipinski definition) is 2. The zero-order valence-corrected chi connectivity index (χ0v) is 12.2. The fourth-order valence-corrected chi connectivity index (χ4v) is 1.64. The molecular formula is C13H23NO6. The molecule has 2 unspecified atom stereocenters. The standard InChI is InChI=1S/C13H23NO6/c1-13(2,3)20-5-4-9(12(16)17)14-11(15)10-8-18-6-7-19-10/h9-10H,4-8H2,1-3H3,(H,14,15)(H,16,17). The van der Waals surface area contributed by atoms with Gasteiger partial charge < -0.3 is 24.6 Å². The fourth-order valence-electron chi connectivity index (χ4n) is 1.64. The van der Waals surface area contributed by atoms with E-state index < -0.39 is 24.0 Å². The van der Waals surface area contributed by atoms with Crippen LogP contribution in [0.15, 0.2) is 0 Å². The van der Waals surface area contributed by atoms with Crippen molar-refractivity contribution in [1.29, 1.82) is 0 Å². The van der Waals surface area contributed by atoms with Crippen molar-refractivity contribution in [2.75, 3.05) is 26.4 Å². The monoisotopic (exact) mass is 289 g/mol. The Labute approximate surface area is 118 Å². The Balaban J connectivity index is 2.41. The Morgan fingerprint density at radius 3 is 2.60 bits per heavy atom. The molecule has 0 bridgehead atoms. The van der Waals surface area contributed by atoms with E-state index in [-0.39, 0.29) is 25.2 Å². The molecule has 1 rings (SSSR count). The first-order valence-electron chi connectivity index (χ1n) is 6.66. The number of ether oxygens (including phenoxy) is 3. The van der Waals surface area contributed by atoms with E-state index in [0.29, 0.717) is 13.2 Å². The lowest BCUT2D eigenvalue weighted by atomic mass is 10.1. The first kappa shape index (κ1) is 16.9. The molecular weight excluding hydrogens is 266 g/mol. The zero-order valence-electron chi connectivity index (χ0n) is 12.2. The molecule has 0 saturated carbocycles. The molecule has 0 radical (unpaired) electrons. The van der Waals surface area contributed by atoms with Crippen LogP contribution in [0.4, 0.5) is 0 Å². The second-order valence-electron chi connectivity index (χ2n) is 5.58. The minimum atomic E-state index is -1.09. The molecule has 1 fully saturated rings. The molecule has 1 aliphatic heterocycles. The first-order chi connectivity index (χ1) is 9.29. The summed E-state index contributed by atoms with van der Waals surface area (Å²) in [5.74, 6) is -1.56. The molecule has 0 aromatic heterocycles. The molecule has 0 aliphatic carbocycles. The van der Waals surface area contributed by atoms with Gasteiger partial charge in [-0.15, -0.1) is 0 Å². The molecule has 7 nitrogen and oxygen atoms in total. The maximum Gasteiger partial charge on any atom is 0.326 e. The zero-order chi connectivity index (χ0) is 15.2. The maximum absolute atomic E-state index is 11.9. The van der Waals surface area contributed by atoms with Crippen molar-refractivity contribution < 1.29 is 28.9 Å². The quantitative estimate of drug-likeness (QED) is 0.724. The summed E-state index contributed by atoms with van der Waals surface area (Å²) in [6, 6.07) is -0.990. The van der Waals surface area contributed by atoms with Crippen molar-refractivity contribution in [1.82, 2.24) is 5.32 Å². The van der Waals surface area contributed by atoms with Crippen LogP contribution in [-0.2, 0) is 23.8 Å². The number of amides is 1. The fraction of sp³-hybridized carbons (Fsp3) is 0.846. The van der Waals surface area contributed by atoms with Crippen molar-refractivity contribution >= 4 is 11.9 Å². The highest BCUT2D eigenvalue weighted by Gasteiger charge is 2.27. The summed E-state index contributed by atoms with van der Waals surface area (Å²) < 4.78 is 15.8. The van der Waals surface area contributed by atoms with Crippen LogP contribution in [0.25, 0.3) is 0 Å². The van der Waals surface area contributed by atoms with Crippen LogP contribution in [-0.4, -0.2) is 61.2 Å². The summed E-state index contributed by atoms with van der Waals surface area (Å²) in [6.07, 6.45) is -0.541. The van der Waals surface area contributed by atoms with Crippen LogP contribution in [0.5, 0.6) is 0 Å². The number of carbonyl (C=O) groups excluding carboxylic acids is 1. The van der Waals surface area contributed by atoms with Gasteiger partial charge in [-0.05, 0) is 20.8 Å². The van der Waals surface area contributed by atoms with E-state index in [1.54, 1.807) is 0 Å². The SMILES string of the molecule is CC(C)(C)OCCC(NC(=O)C1COCCO1)C(=O)O. The number of nitrogens with one attached hydrogen (secondary N) is 1. The largest absolute Gasteiger partial charge is 0.480 e. The van der Waals surface area contributed by atoms with Gasteiger partial charge in [-0.1, -0.05) is 0 Å². The van der Waals surface area contributed by atoms with E-state index in [4.69, 9.17) is 19.3 Å². The molecule has 116 valence electrons. The van der Waals surface area contributed by atoms with Gasteiger partial charge in [0.1, 0.15) is 6.04 Å². The highest BCUT2D eigenvalue weighted by Crippen LogP contribution is 2.08. The summed E-state index contributed by atoms with van der Waals surface area (Å²) >= 11 is 0. The van der Waals surface area contributed by atoms with Gasteiger partial charge in [-0.3, -0.25) is 4.79 Å². The molecule has 2 N–H and O–H groups in total. The summed E-state index contributed by atoms with van der Waals surface area (Å²) in [5, 5.41) is 11.6. The minimum absolute atomic E-state index is 0.149. The van der Waals surface area contributed by atoms with Gasteiger partial charge in [0.15, 0.2) is 6.10 Å². The summed E-state index contributed by atoms with van der Waals surface area (Å²) in [5.41, 5.74) is -0.340. The smallest absolute Gasteiger partial charge is 0.326 e. The average molecular weight is 289 g/mol. The third kappa shape index (κ3) is 6.31. The molecule has 2 atom stereocenters. The molecule has 1 aliphatic rings. The molecule has 1 heterocycles. The van der Waals surface area contributed by atoms with Crippen molar-refractivity contribution in [3.8, 4) is 0 Å². The van der Waals surface area contributed by atoms with Crippen molar-refractivity contribution in [3.05, 3.63) is 0 Å². The number of hydrogen-bond acceptors (Lipinski definition) is 5. The van der Waals surface area contributed by atoms with Crippen molar-refractivity contribution in [2.24, 2.45) is 0 Å². The Morgan fingerprint density at radius 2 is 2.10 bits per heavy atom. The van der Waals surface area contributed by atoms with E-state index in [0.717, 1.165) is 0 Å². The van der Waals surface area contributed by atoms with Gasteiger partial charge in [0, 0.05) is 13.0 Å². The van der Waals surface area contributed by atoms with Gasteiger partial charge >= 0.3 is 5.97 Å². The van der Waals surface area contributed by atoms with E-state index in [9.17, 15) is 9.59 Å². The van der Waals surface area contributed by atoms with Crippen LogP contribution in [0.3, 0.4) is 0 Å². The second-order valence-corrected chi connectivity index (χ2v) is 5.58. The minimum Gasteiger partial charge on any atom is -0.480 e. The van der Waals surface area contributed by atoms with E-state index in [1.165, 1.54) is 0 Å². The molecule has 7 heteroatoms. The number of carboxylic acid groups (broad SMARTS) is 1. The summed E-state index contributed by atoms with van der Waals surface area (Å²) in [6.45, 7) is 6.84. The maximum atomic E-state index is 11.9. The first-order valence-corrected chi connectivity index (χ1v) is 6.66.